The summed E-state index contributed by atoms with van der Waals surface area (Å²) in [4.78, 5) is 3.60. The minimum Gasteiger partial charge on any atom is -0.383 e. The number of pyridine rings is 1. The van der Waals surface area contributed by atoms with Crippen LogP contribution in [0.2, 0.25) is 0 Å². The van der Waals surface area contributed by atoms with Gasteiger partial charge in [-0.05, 0) is 12.1 Å². The van der Waals surface area contributed by atoms with Gasteiger partial charge in [0.05, 0.1) is 13.2 Å². The van der Waals surface area contributed by atoms with Crippen LogP contribution in [0.25, 0.3) is 0 Å². The molecule has 1 heterocycles. The summed E-state index contributed by atoms with van der Waals surface area (Å²) in [6.07, 6.45) is 1.24. The molecule has 0 bridgehead atoms. The number of halogens is 1. The van der Waals surface area contributed by atoms with Crippen molar-refractivity contribution in [2.45, 2.75) is 5.03 Å². The summed E-state index contributed by atoms with van der Waals surface area (Å²) in [6.45, 7) is 0.630. The quantitative estimate of drug-likeness (QED) is 0.698. The van der Waals surface area contributed by atoms with Gasteiger partial charge in [0.25, 0.3) is 10.0 Å². The van der Waals surface area contributed by atoms with Gasteiger partial charge in [0, 0.05) is 33.5 Å². The van der Waals surface area contributed by atoms with Gasteiger partial charge in [-0.3, -0.25) is 0 Å². The minimum atomic E-state index is -3.99. The van der Waals surface area contributed by atoms with Crippen molar-refractivity contribution in [2.24, 2.45) is 0 Å². The fraction of sp³-hybridized carbons (Fsp3) is 0.545. The summed E-state index contributed by atoms with van der Waals surface area (Å²) >= 11 is 0. The topological polar surface area (TPSA) is 68.7 Å². The van der Waals surface area contributed by atoms with Crippen molar-refractivity contribution in [3.63, 3.8) is 0 Å². The highest BCUT2D eigenvalue weighted by molar-refractivity contribution is 7.89. The Balaban J connectivity index is 3.01. The molecular formula is C11H17FN2O4S. The molecule has 1 aromatic heterocycles. The standard InChI is InChI=1S/C11H17FN2O4S/c1-17-8-6-14(7-9-18-2)19(15,16)11-10(12)4-3-5-13-11/h3-5H,6-9H2,1-2H3. The van der Waals surface area contributed by atoms with E-state index in [0.717, 1.165) is 10.4 Å². The Morgan fingerprint density at radius 1 is 1.26 bits per heavy atom. The fourth-order valence-corrected chi connectivity index (χ4v) is 2.80. The lowest BCUT2D eigenvalue weighted by molar-refractivity contribution is 0.150. The van der Waals surface area contributed by atoms with Gasteiger partial charge in [0.2, 0.25) is 5.03 Å². The Labute approximate surface area is 112 Å². The summed E-state index contributed by atoms with van der Waals surface area (Å²) in [5, 5.41) is -0.581. The molecular weight excluding hydrogens is 275 g/mol. The molecule has 1 rings (SSSR count). The number of hydrogen-bond donors (Lipinski definition) is 0. The zero-order valence-corrected chi connectivity index (χ0v) is 11.7. The predicted molar refractivity (Wildman–Crippen MR) is 66.7 cm³/mol. The molecule has 1 aromatic rings. The third-order valence-electron chi connectivity index (χ3n) is 2.40. The van der Waals surface area contributed by atoms with Gasteiger partial charge in [-0.1, -0.05) is 0 Å². The molecule has 6 nitrogen and oxygen atoms in total. The molecule has 8 heteroatoms. The number of nitrogens with zero attached hydrogens (tertiary/aromatic N) is 2. The second-order valence-corrected chi connectivity index (χ2v) is 5.53. The van der Waals surface area contributed by atoms with E-state index < -0.39 is 20.9 Å². The molecule has 108 valence electrons. The van der Waals surface area contributed by atoms with E-state index in [4.69, 9.17) is 9.47 Å². The lowest BCUT2D eigenvalue weighted by Gasteiger charge is -2.21. The van der Waals surface area contributed by atoms with Crippen LogP contribution in [0.1, 0.15) is 0 Å². The van der Waals surface area contributed by atoms with E-state index in [0.29, 0.717) is 0 Å². The van der Waals surface area contributed by atoms with Gasteiger partial charge < -0.3 is 9.47 Å². The first-order valence-electron chi connectivity index (χ1n) is 5.62. The van der Waals surface area contributed by atoms with E-state index in [1.54, 1.807) is 0 Å². The molecule has 0 radical (unpaired) electrons. The SMILES string of the molecule is COCCN(CCOC)S(=O)(=O)c1ncccc1F. The maximum absolute atomic E-state index is 13.6. The highest BCUT2D eigenvalue weighted by atomic mass is 32.2. The first kappa shape index (κ1) is 16.0. The molecule has 0 amide bonds. The molecule has 0 aliphatic carbocycles. The molecule has 19 heavy (non-hydrogen) atoms. The van der Waals surface area contributed by atoms with Crippen LogP contribution in [0.3, 0.4) is 0 Å². The zero-order valence-electron chi connectivity index (χ0n) is 10.9. The Bertz CT molecular complexity index is 487. The first-order chi connectivity index (χ1) is 9.04. The zero-order chi connectivity index (χ0) is 14.3. The Kier molecular flexibility index (Phi) is 6.29. The highest BCUT2D eigenvalue weighted by Gasteiger charge is 2.28. The fourth-order valence-electron chi connectivity index (χ4n) is 1.42. The molecule has 0 atom stereocenters. The number of ether oxygens (including phenoxy) is 2. The van der Waals surface area contributed by atoms with Gasteiger partial charge in [0.15, 0.2) is 5.82 Å². The molecule has 0 saturated carbocycles. The normalized spacial score (nSPS) is 12.0. The van der Waals surface area contributed by atoms with Crippen molar-refractivity contribution in [2.75, 3.05) is 40.5 Å². The number of methoxy groups -OCH3 is 2. The van der Waals surface area contributed by atoms with E-state index in [1.807, 2.05) is 0 Å². The van der Waals surface area contributed by atoms with Crippen LogP contribution in [0.15, 0.2) is 23.4 Å². The van der Waals surface area contributed by atoms with E-state index >= 15 is 0 Å². The van der Waals surface area contributed by atoms with Crippen molar-refractivity contribution in [1.29, 1.82) is 0 Å². The second kappa shape index (κ2) is 7.49. The van der Waals surface area contributed by atoms with Crippen molar-refractivity contribution < 1.29 is 22.3 Å². The molecule has 0 aliphatic rings. The number of sulfonamides is 1. The molecule has 0 saturated heterocycles. The van der Waals surface area contributed by atoms with E-state index in [9.17, 15) is 12.8 Å². The molecule has 0 fully saturated rings. The lowest BCUT2D eigenvalue weighted by Crippen LogP contribution is -2.37. The van der Waals surface area contributed by atoms with E-state index in [-0.39, 0.29) is 26.3 Å². The summed E-state index contributed by atoms with van der Waals surface area (Å²) in [7, 11) is -1.07. The predicted octanol–water partition coefficient (Wildman–Crippen LogP) is 0.504. The smallest absolute Gasteiger partial charge is 0.263 e. The van der Waals surface area contributed by atoms with Crippen molar-refractivity contribution in [3.8, 4) is 0 Å². The molecule has 0 spiro atoms. The first-order valence-corrected chi connectivity index (χ1v) is 7.06. The van der Waals surface area contributed by atoms with Crippen LogP contribution in [0.4, 0.5) is 4.39 Å². The third-order valence-corrected chi connectivity index (χ3v) is 4.23. The lowest BCUT2D eigenvalue weighted by atomic mass is 10.5. The largest absolute Gasteiger partial charge is 0.383 e. The van der Waals surface area contributed by atoms with Gasteiger partial charge in [0.1, 0.15) is 0 Å². The van der Waals surface area contributed by atoms with Gasteiger partial charge in [-0.2, -0.15) is 4.31 Å². The number of hydrogen-bond acceptors (Lipinski definition) is 5. The number of aromatic nitrogens is 1. The van der Waals surface area contributed by atoms with Crippen LogP contribution in [-0.2, 0) is 19.5 Å². The molecule has 0 aliphatic heterocycles. The summed E-state index contributed by atoms with van der Waals surface area (Å²) in [5.41, 5.74) is 0. The van der Waals surface area contributed by atoms with Gasteiger partial charge in [-0.25, -0.2) is 17.8 Å². The summed E-state index contributed by atoms with van der Waals surface area (Å²) in [6, 6.07) is 2.40. The maximum Gasteiger partial charge on any atom is 0.263 e. The van der Waals surface area contributed by atoms with E-state index in [2.05, 4.69) is 4.98 Å². The monoisotopic (exact) mass is 292 g/mol. The van der Waals surface area contributed by atoms with Crippen LogP contribution >= 0.6 is 0 Å². The highest BCUT2D eigenvalue weighted by Crippen LogP contribution is 2.16. The van der Waals surface area contributed by atoms with Gasteiger partial charge >= 0.3 is 0 Å². The van der Waals surface area contributed by atoms with Crippen molar-refractivity contribution >= 4 is 10.0 Å². The third kappa shape index (κ3) is 4.20. The van der Waals surface area contributed by atoms with Crippen molar-refractivity contribution in [1.82, 2.24) is 9.29 Å². The maximum atomic E-state index is 13.6. The minimum absolute atomic E-state index is 0.109. The Morgan fingerprint density at radius 2 is 1.84 bits per heavy atom. The molecule has 0 aromatic carbocycles. The number of rotatable bonds is 8. The molecule has 0 N–H and O–H groups in total. The van der Waals surface area contributed by atoms with Crippen LogP contribution < -0.4 is 0 Å². The Morgan fingerprint density at radius 3 is 2.32 bits per heavy atom. The van der Waals surface area contributed by atoms with Crippen molar-refractivity contribution in [3.05, 3.63) is 24.1 Å². The Hall–Kier alpha value is -1.09. The summed E-state index contributed by atoms with van der Waals surface area (Å²) < 4.78 is 48.9. The van der Waals surface area contributed by atoms with Crippen LogP contribution in [0.5, 0.6) is 0 Å². The van der Waals surface area contributed by atoms with E-state index in [1.165, 1.54) is 26.5 Å². The van der Waals surface area contributed by atoms with Crippen LogP contribution in [0, 0.1) is 5.82 Å². The second-order valence-electron chi connectivity index (χ2n) is 3.68. The van der Waals surface area contributed by atoms with Crippen LogP contribution in [-0.4, -0.2) is 58.2 Å². The average Bonchev–Trinajstić information content (AvgIpc) is 2.39. The van der Waals surface area contributed by atoms with Gasteiger partial charge in [-0.15, -0.1) is 0 Å². The molecule has 0 unspecified atom stereocenters. The summed E-state index contributed by atoms with van der Waals surface area (Å²) in [5.74, 6) is -0.873. The average molecular weight is 292 g/mol.